The van der Waals surface area contributed by atoms with E-state index in [0.717, 1.165) is 24.0 Å². The van der Waals surface area contributed by atoms with Crippen molar-refractivity contribution >= 4 is 41.7 Å². The van der Waals surface area contributed by atoms with Gasteiger partial charge in [0.2, 0.25) is 0 Å². The molecule has 1 rings (SSSR count). The predicted molar refractivity (Wildman–Crippen MR) is 99.4 cm³/mol. The number of furan rings is 1. The molecule has 20 heavy (non-hydrogen) atoms. The number of guanidine groups is 1. The number of nitrogens with one attached hydrogen (secondary N) is 2. The highest BCUT2D eigenvalue weighted by Crippen LogP contribution is 2.19. The van der Waals surface area contributed by atoms with Gasteiger partial charge in [-0.1, -0.05) is 0 Å². The fourth-order valence-corrected chi connectivity index (χ4v) is 1.74. The Bertz CT molecular complexity index is 432. The number of nitrogens with zero attached hydrogens (tertiary/aromatic N) is 1. The molecular weight excluding hydrogens is 385 g/mol. The minimum absolute atomic E-state index is 0. The minimum Gasteiger partial charge on any atom is -0.464 e. The van der Waals surface area contributed by atoms with Crippen LogP contribution in [-0.2, 0) is 0 Å². The first-order valence-corrected chi connectivity index (χ1v) is 7.69. The second kappa shape index (κ2) is 8.81. The molecule has 116 valence electrons. The molecule has 0 aliphatic rings. The van der Waals surface area contributed by atoms with E-state index in [9.17, 15) is 0 Å². The number of rotatable bonds is 5. The molecule has 0 saturated heterocycles. The van der Waals surface area contributed by atoms with Crippen LogP contribution in [-0.4, -0.2) is 30.6 Å². The highest BCUT2D eigenvalue weighted by Gasteiger charge is 2.17. The summed E-state index contributed by atoms with van der Waals surface area (Å²) in [5.41, 5.74) is 0. The smallest absolute Gasteiger partial charge is 0.191 e. The van der Waals surface area contributed by atoms with E-state index >= 15 is 0 Å². The van der Waals surface area contributed by atoms with Crippen LogP contribution in [0.3, 0.4) is 0 Å². The fraction of sp³-hybridized carbons (Fsp3) is 0.643. The van der Waals surface area contributed by atoms with Gasteiger partial charge in [-0.15, -0.1) is 24.0 Å². The van der Waals surface area contributed by atoms with Gasteiger partial charge in [-0.05, 0) is 46.1 Å². The topological polar surface area (TPSA) is 49.6 Å². The standard InChI is InChI=1S/C14H25N3OS.HI/c1-10-7-8-12(18-10)11(2)17-13(15-5)16-9-14(3,4)19-6;/h7-8,11H,9H2,1-6H3,(H2,15,16,17);1H. The molecule has 6 heteroatoms. The first kappa shape index (κ1) is 19.6. The van der Waals surface area contributed by atoms with Crippen molar-refractivity contribution in [3.8, 4) is 0 Å². The monoisotopic (exact) mass is 411 g/mol. The van der Waals surface area contributed by atoms with Gasteiger partial charge in [0, 0.05) is 18.3 Å². The Morgan fingerprint density at radius 3 is 2.55 bits per heavy atom. The number of hydrogen-bond acceptors (Lipinski definition) is 3. The summed E-state index contributed by atoms with van der Waals surface area (Å²) < 4.78 is 5.79. The zero-order chi connectivity index (χ0) is 14.5. The molecule has 1 heterocycles. The molecule has 1 aromatic rings. The molecule has 4 nitrogen and oxygen atoms in total. The Labute approximate surface area is 143 Å². The van der Waals surface area contributed by atoms with Crippen molar-refractivity contribution in [2.45, 2.75) is 38.5 Å². The summed E-state index contributed by atoms with van der Waals surface area (Å²) in [5, 5.41) is 6.67. The van der Waals surface area contributed by atoms with Crippen LogP contribution in [0.15, 0.2) is 21.5 Å². The maximum absolute atomic E-state index is 5.61. The van der Waals surface area contributed by atoms with Gasteiger partial charge in [0.15, 0.2) is 5.96 Å². The van der Waals surface area contributed by atoms with Crippen molar-refractivity contribution in [1.29, 1.82) is 0 Å². The number of halogens is 1. The Morgan fingerprint density at radius 2 is 2.10 bits per heavy atom. The summed E-state index contributed by atoms with van der Waals surface area (Å²) in [7, 11) is 1.78. The normalized spacial score (nSPS) is 13.6. The lowest BCUT2D eigenvalue weighted by Crippen LogP contribution is -2.44. The average molecular weight is 411 g/mol. The van der Waals surface area contributed by atoms with Gasteiger partial charge in [-0.25, -0.2) is 0 Å². The van der Waals surface area contributed by atoms with Crippen LogP contribution in [0.25, 0.3) is 0 Å². The highest BCUT2D eigenvalue weighted by atomic mass is 127. The third-order valence-corrected chi connectivity index (χ3v) is 4.25. The second-order valence-corrected chi connectivity index (χ2v) is 6.72. The Morgan fingerprint density at radius 1 is 1.45 bits per heavy atom. The van der Waals surface area contributed by atoms with Gasteiger partial charge in [-0.3, -0.25) is 4.99 Å². The molecule has 0 aromatic carbocycles. The second-order valence-electron chi connectivity index (χ2n) is 5.20. The maximum Gasteiger partial charge on any atom is 0.191 e. The highest BCUT2D eigenvalue weighted by molar-refractivity contribution is 14.0. The van der Waals surface area contributed by atoms with Gasteiger partial charge in [0.05, 0.1) is 6.04 Å². The third-order valence-electron chi connectivity index (χ3n) is 3.00. The quantitative estimate of drug-likeness (QED) is 0.442. The van der Waals surface area contributed by atoms with Gasteiger partial charge in [0.1, 0.15) is 11.5 Å². The van der Waals surface area contributed by atoms with Crippen LogP contribution in [0, 0.1) is 6.92 Å². The summed E-state index contributed by atoms with van der Waals surface area (Å²) in [5.74, 6) is 2.64. The van der Waals surface area contributed by atoms with Crippen molar-refractivity contribution in [3.05, 3.63) is 23.7 Å². The van der Waals surface area contributed by atoms with Gasteiger partial charge >= 0.3 is 0 Å². The van der Waals surface area contributed by atoms with Crippen LogP contribution in [0.2, 0.25) is 0 Å². The van der Waals surface area contributed by atoms with Crippen molar-refractivity contribution in [1.82, 2.24) is 10.6 Å². The summed E-state index contributed by atoms with van der Waals surface area (Å²) in [6, 6.07) is 4.06. The number of hydrogen-bond donors (Lipinski definition) is 2. The number of thioether (sulfide) groups is 1. The molecule has 1 unspecified atom stereocenters. The molecule has 0 aliphatic carbocycles. The molecule has 0 spiro atoms. The van der Waals surface area contributed by atoms with E-state index < -0.39 is 0 Å². The van der Waals surface area contributed by atoms with E-state index in [1.54, 1.807) is 7.05 Å². The van der Waals surface area contributed by atoms with E-state index in [1.807, 2.05) is 30.8 Å². The van der Waals surface area contributed by atoms with E-state index in [4.69, 9.17) is 4.42 Å². The first-order valence-electron chi connectivity index (χ1n) is 6.46. The van der Waals surface area contributed by atoms with Crippen LogP contribution in [0.4, 0.5) is 0 Å². The van der Waals surface area contributed by atoms with E-state index in [1.165, 1.54) is 0 Å². The van der Waals surface area contributed by atoms with Crippen LogP contribution < -0.4 is 10.6 Å². The Balaban J connectivity index is 0.00000361. The maximum atomic E-state index is 5.61. The summed E-state index contributed by atoms with van der Waals surface area (Å²) in [6.07, 6.45) is 2.12. The van der Waals surface area contributed by atoms with E-state index in [0.29, 0.717) is 0 Å². The van der Waals surface area contributed by atoms with Crippen LogP contribution >= 0.6 is 35.7 Å². The number of aliphatic imine (C=N–C) groups is 1. The van der Waals surface area contributed by atoms with Crippen molar-refractivity contribution in [3.63, 3.8) is 0 Å². The van der Waals surface area contributed by atoms with Crippen molar-refractivity contribution in [2.24, 2.45) is 4.99 Å². The lowest BCUT2D eigenvalue weighted by atomic mass is 10.2. The van der Waals surface area contributed by atoms with Crippen LogP contribution in [0.1, 0.15) is 38.3 Å². The molecular formula is C14H26IN3OS. The molecule has 1 aromatic heterocycles. The average Bonchev–Trinajstić information content (AvgIpc) is 2.81. The zero-order valence-electron chi connectivity index (χ0n) is 13.1. The molecule has 0 radical (unpaired) electrons. The molecule has 0 bridgehead atoms. The van der Waals surface area contributed by atoms with E-state index in [-0.39, 0.29) is 34.8 Å². The Hall–Kier alpha value is -0.370. The zero-order valence-corrected chi connectivity index (χ0v) is 16.3. The SMILES string of the molecule is CN=C(NCC(C)(C)SC)NC(C)c1ccc(C)o1.I. The van der Waals surface area contributed by atoms with Gasteiger partial charge in [-0.2, -0.15) is 11.8 Å². The van der Waals surface area contributed by atoms with Crippen molar-refractivity contribution < 1.29 is 4.42 Å². The largest absolute Gasteiger partial charge is 0.464 e. The summed E-state index contributed by atoms with van der Waals surface area (Å²) in [4.78, 5) is 4.24. The third kappa shape index (κ3) is 6.39. The van der Waals surface area contributed by atoms with Gasteiger partial charge < -0.3 is 15.1 Å². The summed E-state index contributed by atoms with van der Waals surface area (Å²) in [6.45, 7) is 9.28. The molecule has 1 atom stereocenters. The Kier molecular flexibility index (Phi) is 8.65. The molecule has 0 saturated carbocycles. The molecule has 2 N–H and O–H groups in total. The lowest BCUT2D eigenvalue weighted by Gasteiger charge is -2.24. The fourth-order valence-electron chi connectivity index (χ4n) is 1.53. The van der Waals surface area contributed by atoms with Crippen LogP contribution in [0.5, 0.6) is 0 Å². The predicted octanol–water partition coefficient (Wildman–Crippen LogP) is 3.57. The number of aryl methyl sites for hydroxylation is 1. The van der Waals surface area contributed by atoms with E-state index in [2.05, 4.69) is 42.7 Å². The molecule has 0 aliphatic heterocycles. The molecule has 0 fully saturated rings. The molecule has 0 amide bonds. The van der Waals surface area contributed by atoms with Crippen molar-refractivity contribution in [2.75, 3.05) is 19.8 Å². The summed E-state index contributed by atoms with van der Waals surface area (Å²) >= 11 is 1.83. The first-order chi connectivity index (χ1) is 8.88. The minimum atomic E-state index is 0. The lowest BCUT2D eigenvalue weighted by molar-refractivity contribution is 0.441. The van der Waals surface area contributed by atoms with Gasteiger partial charge in [0.25, 0.3) is 0 Å².